The Labute approximate surface area is 252 Å². The molecule has 0 aliphatic carbocycles. The van der Waals surface area contributed by atoms with Crippen molar-refractivity contribution in [3.8, 4) is 0 Å². The number of hydrogen-bond acceptors (Lipinski definition) is 15. The molecule has 3 saturated heterocycles. The fraction of sp³-hybridized carbons (Fsp3) is 0.476. The van der Waals surface area contributed by atoms with Gasteiger partial charge in [-0.3, -0.25) is 18.5 Å². The topological polar surface area (TPSA) is 230 Å². The molecule has 45 heavy (non-hydrogen) atoms. The number of hydrogen-bond donors (Lipinski definition) is 3. The van der Waals surface area contributed by atoms with Crippen molar-refractivity contribution in [2.24, 2.45) is 0 Å². The Bertz CT molecular complexity index is 1950. The summed E-state index contributed by atoms with van der Waals surface area (Å²) in [5.41, 5.74) is 5.08. The number of nitrogens with zero attached hydrogens (tertiary/aromatic N) is 6. The summed E-state index contributed by atoms with van der Waals surface area (Å²) in [5.74, 6) is -0.951. The SMILES string of the molecule is [B][P@@]1(=O)OC[C@H]2O[C@@H](n3cnc4c(N)ncnc43)[C@@H](F)C2O[P@]([B])(=O)OC[C@H]2O[C@@H](n3cc(F)c4c(=O)[nH]cnc43)[C@@H](O)C2O1. The number of aromatic nitrogens is 7. The van der Waals surface area contributed by atoms with E-state index >= 15 is 4.39 Å². The molecule has 3 fully saturated rings. The van der Waals surface area contributed by atoms with Crippen LogP contribution in [0.2, 0.25) is 0 Å². The Morgan fingerprint density at radius 3 is 2.38 bits per heavy atom. The molecule has 7 rings (SSSR count). The number of aliphatic hydroxyl groups is 1. The van der Waals surface area contributed by atoms with Crippen LogP contribution >= 0.6 is 14.9 Å². The van der Waals surface area contributed by atoms with Gasteiger partial charge < -0.3 is 48.0 Å². The Morgan fingerprint density at radius 1 is 0.978 bits per heavy atom. The number of ether oxygens (including phenoxy) is 2. The van der Waals surface area contributed by atoms with Crippen LogP contribution in [0.3, 0.4) is 0 Å². The molecule has 0 saturated carbocycles. The second-order valence-corrected chi connectivity index (χ2v) is 13.4. The smallest absolute Gasteiger partial charge is 0.264 e. The zero-order valence-electron chi connectivity index (χ0n) is 22.5. The predicted octanol–water partition coefficient (Wildman–Crippen LogP) is 0.150. The maximum absolute atomic E-state index is 15.9. The molecule has 234 valence electrons. The molecule has 4 aromatic rings. The van der Waals surface area contributed by atoms with Crippen molar-refractivity contribution >= 4 is 58.1 Å². The zero-order valence-corrected chi connectivity index (χ0v) is 24.3. The summed E-state index contributed by atoms with van der Waals surface area (Å²) in [6.45, 7) is -1.49. The van der Waals surface area contributed by atoms with E-state index in [0.29, 0.717) is 0 Å². The molecular weight excluding hydrogens is 646 g/mol. The third kappa shape index (κ3) is 5.33. The normalized spacial score (nSPS) is 37.7. The highest BCUT2D eigenvalue weighted by molar-refractivity contribution is 7.79. The highest BCUT2D eigenvalue weighted by atomic mass is 31.2. The summed E-state index contributed by atoms with van der Waals surface area (Å²) in [4.78, 5) is 30.3. The summed E-state index contributed by atoms with van der Waals surface area (Å²) >= 11 is 0. The quantitative estimate of drug-likeness (QED) is 0.191. The van der Waals surface area contributed by atoms with Gasteiger partial charge in [-0.15, -0.1) is 0 Å². The third-order valence-electron chi connectivity index (χ3n) is 7.46. The Hall–Kier alpha value is -3.06. The number of nitrogens with two attached hydrogens (primary N) is 1. The average Bonchev–Trinajstić information content (AvgIpc) is 3.71. The molecule has 7 heterocycles. The van der Waals surface area contributed by atoms with Gasteiger partial charge in [0.05, 0.1) is 25.9 Å². The number of fused-ring (bicyclic) bond motifs is 4. The summed E-state index contributed by atoms with van der Waals surface area (Å²) in [6, 6.07) is 0. The molecule has 2 unspecified atom stereocenters. The Balaban J connectivity index is 1.17. The van der Waals surface area contributed by atoms with Gasteiger partial charge in [-0.05, 0) is 0 Å². The molecule has 4 N–H and O–H groups in total. The monoisotopic (exact) mass is 666 g/mol. The van der Waals surface area contributed by atoms with Crippen LogP contribution in [0.25, 0.3) is 22.2 Å². The van der Waals surface area contributed by atoms with Crippen LogP contribution in [0.5, 0.6) is 0 Å². The van der Waals surface area contributed by atoms with Gasteiger partial charge >= 0.3 is 0 Å². The number of rotatable bonds is 2. The van der Waals surface area contributed by atoms with Crippen molar-refractivity contribution in [2.45, 2.75) is 49.1 Å². The molecule has 4 radical (unpaired) electrons. The van der Waals surface area contributed by atoms with E-state index in [9.17, 15) is 23.4 Å². The first-order valence-corrected chi connectivity index (χ1v) is 16.3. The molecule has 3 aliphatic heterocycles. The molecule has 24 heteroatoms. The molecule has 4 aromatic heterocycles. The predicted molar refractivity (Wildman–Crippen MR) is 147 cm³/mol. The second kappa shape index (κ2) is 11.0. The van der Waals surface area contributed by atoms with E-state index in [1.54, 1.807) is 0 Å². The highest BCUT2D eigenvalue weighted by Gasteiger charge is 2.53. The van der Waals surface area contributed by atoms with Crippen LogP contribution < -0.4 is 11.3 Å². The van der Waals surface area contributed by atoms with E-state index < -0.39 is 94.1 Å². The van der Waals surface area contributed by atoms with Crippen molar-refractivity contribution in [1.29, 1.82) is 0 Å². The van der Waals surface area contributed by atoms with Crippen molar-refractivity contribution in [3.63, 3.8) is 0 Å². The van der Waals surface area contributed by atoms with Crippen LogP contribution in [-0.4, -0.2) is 104 Å². The standard InChI is InChI=1S/C21H20B2F2N8O10P2/c22-44(36)39-3-9-15(13(34)21(41-9)32-1-7(24)10-17(32)28-5-30-19(10)35)43-45(23,37)38-2-8-14(42-44)11(25)20(40-8)33-6-31-12-16(26)27-4-29-18(12)33/h1,4-6,8-9,11,13-15,20-21,34H,2-3H2,(H2,26,27,29)(H,28,30,35)/t8-,9-,11+,13+,14?,15?,20-,21-,44-,45-/m1/s1. The molecule has 0 amide bonds. The molecule has 0 aromatic carbocycles. The fourth-order valence-electron chi connectivity index (χ4n) is 5.45. The van der Waals surface area contributed by atoms with Gasteiger partial charge in [-0.2, -0.15) is 0 Å². The maximum atomic E-state index is 15.9. The first-order chi connectivity index (χ1) is 21.3. The van der Waals surface area contributed by atoms with E-state index in [2.05, 4.69) is 24.9 Å². The minimum Gasteiger partial charge on any atom is -0.386 e. The molecule has 10 atom stereocenters. The van der Waals surface area contributed by atoms with Crippen LogP contribution in [0.1, 0.15) is 12.5 Å². The molecule has 0 bridgehead atoms. The van der Waals surface area contributed by atoms with E-state index in [4.69, 9.17) is 48.4 Å². The van der Waals surface area contributed by atoms with Crippen LogP contribution in [0.15, 0.2) is 30.0 Å². The minimum absolute atomic E-state index is 0.0246. The lowest BCUT2D eigenvalue weighted by molar-refractivity contribution is -0.0558. The lowest BCUT2D eigenvalue weighted by Crippen LogP contribution is -2.38. The first-order valence-electron chi connectivity index (χ1n) is 13.1. The van der Waals surface area contributed by atoms with Crippen LogP contribution in [0.4, 0.5) is 14.6 Å². The minimum atomic E-state index is -4.63. The lowest BCUT2D eigenvalue weighted by Gasteiger charge is -2.30. The van der Waals surface area contributed by atoms with E-state index in [1.165, 1.54) is 10.9 Å². The summed E-state index contributed by atoms with van der Waals surface area (Å²) < 4.78 is 92.3. The number of nitrogen functional groups attached to an aromatic ring is 1. The number of H-pyrrole nitrogens is 1. The van der Waals surface area contributed by atoms with Crippen molar-refractivity contribution in [1.82, 2.24) is 34.1 Å². The average molecular weight is 666 g/mol. The maximum Gasteiger partial charge on any atom is 0.264 e. The van der Waals surface area contributed by atoms with E-state index in [0.717, 1.165) is 23.4 Å². The van der Waals surface area contributed by atoms with Gasteiger partial charge in [0.25, 0.3) is 20.5 Å². The third-order valence-corrected chi connectivity index (χ3v) is 9.55. The van der Waals surface area contributed by atoms with Crippen LogP contribution in [0, 0.1) is 5.82 Å². The molecular formula is C21H20B2F2N8O10P2. The number of imidazole rings is 1. The Morgan fingerprint density at radius 2 is 1.64 bits per heavy atom. The van der Waals surface area contributed by atoms with Gasteiger partial charge in [0.15, 0.2) is 41.6 Å². The van der Waals surface area contributed by atoms with Gasteiger partial charge in [0.2, 0.25) is 15.1 Å². The Kier molecular flexibility index (Phi) is 7.50. The van der Waals surface area contributed by atoms with Crippen molar-refractivity contribution < 1.29 is 50.6 Å². The number of nitrogens with one attached hydrogen (secondary N) is 1. The van der Waals surface area contributed by atoms with Gasteiger partial charge in [0, 0.05) is 6.20 Å². The number of aromatic amines is 1. The fourth-order valence-corrected chi connectivity index (χ4v) is 7.47. The number of halogens is 2. The molecule has 3 aliphatic rings. The summed E-state index contributed by atoms with van der Waals surface area (Å²) in [7, 11) is 2.41. The van der Waals surface area contributed by atoms with Gasteiger partial charge in [0.1, 0.15) is 47.8 Å². The summed E-state index contributed by atoms with van der Waals surface area (Å²) in [5, 5.41) is 10.7. The first kappa shape index (κ1) is 30.6. The highest BCUT2D eigenvalue weighted by Crippen LogP contribution is 2.53. The number of anilines is 1. The van der Waals surface area contributed by atoms with Gasteiger partial charge in [-0.25, -0.2) is 28.7 Å². The molecule has 0 spiro atoms. The lowest BCUT2D eigenvalue weighted by atomic mass is 10.1. The number of alkyl halides is 1. The largest absolute Gasteiger partial charge is 0.386 e. The van der Waals surface area contributed by atoms with Crippen molar-refractivity contribution in [3.05, 3.63) is 41.3 Å². The van der Waals surface area contributed by atoms with Gasteiger partial charge in [-0.1, -0.05) is 0 Å². The van der Waals surface area contributed by atoms with Crippen molar-refractivity contribution in [2.75, 3.05) is 18.9 Å². The summed E-state index contributed by atoms with van der Waals surface area (Å²) in [6.07, 6.45) is -8.86. The molecule has 18 nitrogen and oxygen atoms in total. The van der Waals surface area contributed by atoms with Crippen LogP contribution in [-0.2, 0) is 36.7 Å². The zero-order chi connectivity index (χ0) is 31.8. The van der Waals surface area contributed by atoms with E-state index in [1.807, 2.05) is 0 Å². The van der Waals surface area contributed by atoms with E-state index in [-0.39, 0.29) is 22.6 Å². The second-order valence-electron chi connectivity index (χ2n) is 10.3. The number of aliphatic hydroxyl groups excluding tert-OH is 1.